The van der Waals surface area contributed by atoms with Crippen molar-refractivity contribution in [2.24, 2.45) is 21.6 Å². The molecular weight excluding hydrogens is 458 g/mol. The van der Waals surface area contributed by atoms with Gasteiger partial charge in [-0.15, -0.1) is 0 Å². The maximum atomic E-state index is 6.86. The molecule has 4 aliphatic rings. The van der Waals surface area contributed by atoms with Crippen molar-refractivity contribution in [2.45, 2.75) is 103 Å². The zero-order valence-corrected chi connectivity index (χ0v) is 23.2. The van der Waals surface area contributed by atoms with Crippen LogP contribution in [0, 0.1) is 5.92 Å². The van der Waals surface area contributed by atoms with Gasteiger partial charge in [0.15, 0.2) is 0 Å². The molecule has 0 saturated heterocycles. The van der Waals surface area contributed by atoms with Crippen molar-refractivity contribution < 1.29 is 4.74 Å². The summed E-state index contributed by atoms with van der Waals surface area (Å²) in [6.45, 7) is 15.3. The van der Waals surface area contributed by atoms with Gasteiger partial charge in [0.05, 0.1) is 0 Å². The average Bonchev–Trinajstić information content (AvgIpc) is 3.50. The number of nitrogens with zero attached hydrogens (tertiary/aromatic N) is 3. The van der Waals surface area contributed by atoms with Crippen LogP contribution in [0.5, 0.6) is 0 Å². The third kappa shape index (κ3) is 5.21. The lowest BCUT2D eigenvalue weighted by Gasteiger charge is -2.44. The molecule has 1 saturated carbocycles. The monoisotopic (exact) mass is 501 g/mol. The van der Waals surface area contributed by atoms with E-state index < -0.39 is 0 Å². The van der Waals surface area contributed by atoms with E-state index in [4.69, 9.17) is 15.5 Å². The van der Waals surface area contributed by atoms with Crippen molar-refractivity contribution in [3.63, 3.8) is 0 Å². The lowest BCUT2D eigenvalue weighted by atomic mass is 9.75. The largest absolute Gasteiger partial charge is 0.487 e. The van der Waals surface area contributed by atoms with Gasteiger partial charge in [0.1, 0.15) is 17.2 Å². The van der Waals surface area contributed by atoms with Gasteiger partial charge in [0.2, 0.25) is 6.29 Å². The summed E-state index contributed by atoms with van der Waals surface area (Å²) in [5.41, 5.74) is 16.8. The molecule has 0 spiro atoms. The van der Waals surface area contributed by atoms with Crippen molar-refractivity contribution in [2.75, 3.05) is 0 Å². The third-order valence-electron chi connectivity index (χ3n) is 8.48. The first-order valence-electron chi connectivity index (χ1n) is 13.8. The van der Waals surface area contributed by atoms with E-state index in [1.165, 1.54) is 36.8 Å². The highest BCUT2D eigenvalue weighted by Gasteiger charge is 2.46. The van der Waals surface area contributed by atoms with Crippen LogP contribution in [0.3, 0.4) is 0 Å². The second-order valence-electron chi connectivity index (χ2n) is 12.3. The summed E-state index contributed by atoms with van der Waals surface area (Å²) in [4.78, 5) is 9.45. The molecule has 3 heterocycles. The minimum absolute atomic E-state index is 0.139. The third-order valence-corrected chi connectivity index (χ3v) is 8.48. The number of hydrogen-bond acceptors (Lipinski definition) is 6. The predicted octanol–water partition coefficient (Wildman–Crippen LogP) is 6.26. The van der Waals surface area contributed by atoms with Gasteiger partial charge < -0.3 is 10.5 Å². The van der Waals surface area contributed by atoms with E-state index in [9.17, 15) is 0 Å². The molecule has 0 bridgehead atoms. The van der Waals surface area contributed by atoms with Gasteiger partial charge in [-0.1, -0.05) is 64.5 Å². The minimum atomic E-state index is -0.290. The second-order valence-corrected chi connectivity index (χ2v) is 12.3. The Balaban J connectivity index is 1.35. The van der Waals surface area contributed by atoms with Crippen LogP contribution in [-0.2, 0) is 16.6 Å². The van der Waals surface area contributed by atoms with Crippen molar-refractivity contribution in [3.8, 4) is 0 Å². The number of nitrogens with two attached hydrogens (primary N) is 1. The molecule has 0 aromatic heterocycles. The molecule has 0 amide bonds. The zero-order chi connectivity index (χ0) is 26.4. The smallest absolute Gasteiger partial charge is 0.235 e. The lowest BCUT2D eigenvalue weighted by Crippen LogP contribution is -2.45. The van der Waals surface area contributed by atoms with E-state index in [0.717, 1.165) is 47.8 Å². The Hall–Kier alpha value is -3.02. The molecule has 1 aliphatic carbocycles. The summed E-state index contributed by atoms with van der Waals surface area (Å²) in [6.07, 6.45) is 10.0. The van der Waals surface area contributed by atoms with Crippen LogP contribution in [0.1, 0.15) is 90.7 Å². The van der Waals surface area contributed by atoms with Gasteiger partial charge in [-0.05, 0) is 68.1 Å². The summed E-state index contributed by atoms with van der Waals surface area (Å²) in [5.74, 6) is 2.07. The first-order valence-corrected chi connectivity index (χ1v) is 13.8. The van der Waals surface area contributed by atoms with E-state index >= 15 is 0 Å². The number of fused-ring (bicyclic) bond motifs is 1. The molecule has 198 valence electrons. The molecule has 6 nitrogen and oxygen atoms in total. The summed E-state index contributed by atoms with van der Waals surface area (Å²) in [5, 5.41) is 2.00. The van der Waals surface area contributed by atoms with E-state index in [-0.39, 0.29) is 17.3 Å². The van der Waals surface area contributed by atoms with Crippen LogP contribution in [-0.4, -0.2) is 28.4 Å². The first-order chi connectivity index (χ1) is 17.5. The molecule has 3 N–H and O–H groups in total. The SMILES string of the molecule is C=C1OC(CCc2cccc(C(C)(C)C)c2)(C2CCCC2)CC(N)=C1CC1=NC2N=C(C)C=C(C)N2N1. The van der Waals surface area contributed by atoms with E-state index in [0.29, 0.717) is 18.1 Å². The van der Waals surface area contributed by atoms with Gasteiger partial charge in [0, 0.05) is 35.5 Å². The van der Waals surface area contributed by atoms with E-state index in [1.807, 2.05) is 11.9 Å². The van der Waals surface area contributed by atoms with Gasteiger partial charge in [-0.3, -0.25) is 5.43 Å². The van der Waals surface area contributed by atoms with Crippen molar-refractivity contribution >= 4 is 11.5 Å². The van der Waals surface area contributed by atoms with Crippen molar-refractivity contribution in [1.82, 2.24) is 10.4 Å². The van der Waals surface area contributed by atoms with Crippen LogP contribution < -0.4 is 11.2 Å². The van der Waals surface area contributed by atoms with E-state index in [1.54, 1.807) is 0 Å². The molecule has 2 atom stereocenters. The van der Waals surface area contributed by atoms with Gasteiger partial charge >= 0.3 is 0 Å². The van der Waals surface area contributed by atoms with Gasteiger partial charge in [0.25, 0.3) is 0 Å². The molecule has 1 aromatic carbocycles. The fourth-order valence-corrected chi connectivity index (χ4v) is 6.36. The number of allylic oxidation sites excluding steroid dienone is 3. The standard InChI is InChI=1S/C31H43N5O/c1-20-16-21(2)36-29(33-20)34-28(35-36)18-26-22(3)37-31(19-27(26)32,24-11-7-8-12-24)15-14-23-10-9-13-25(17-23)30(4,5)6/h9-10,13,16-17,24,29H,3,7-8,11-12,14-15,18-19,32H2,1-2,4-6H3,(H,34,35). The normalized spacial score (nSPS) is 26.4. The number of aliphatic imine (C=N–C) groups is 2. The van der Waals surface area contributed by atoms with Crippen LogP contribution in [0.2, 0.25) is 0 Å². The van der Waals surface area contributed by atoms with Gasteiger partial charge in [-0.2, -0.15) is 0 Å². The number of aryl methyl sites for hydroxylation is 1. The average molecular weight is 502 g/mol. The fourth-order valence-electron chi connectivity index (χ4n) is 6.36. The van der Waals surface area contributed by atoms with Crippen LogP contribution in [0.25, 0.3) is 0 Å². The number of amidine groups is 1. The molecule has 2 unspecified atom stereocenters. The van der Waals surface area contributed by atoms with Crippen LogP contribution in [0.4, 0.5) is 0 Å². The molecule has 3 aliphatic heterocycles. The Morgan fingerprint density at radius 3 is 2.65 bits per heavy atom. The van der Waals surface area contributed by atoms with Crippen LogP contribution >= 0.6 is 0 Å². The molecular formula is C31H43N5O. The molecule has 1 fully saturated rings. The highest BCUT2D eigenvalue weighted by atomic mass is 16.5. The highest BCUT2D eigenvalue weighted by molar-refractivity contribution is 5.95. The Labute approximate surface area is 222 Å². The summed E-state index contributed by atoms with van der Waals surface area (Å²) in [7, 11) is 0. The second kappa shape index (κ2) is 9.70. The molecule has 6 heteroatoms. The molecule has 0 radical (unpaired) electrons. The predicted molar refractivity (Wildman–Crippen MR) is 152 cm³/mol. The maximum absolute atomic E-state index is 6.86. The lowest BCUT2D eigenvalue weighted by molar-refractivity contribution is -0.0568. The number of benzene rings is 1. The maximum Gasteiger partial charge on any atom is 0.235 e. The minimum Gasteiger partial charge on any atom is -0.487 e. The number of hydrazine groups is 1. The Bertz CT molecular complexity index is 1190. The quantitative estimate of drug-likeness (QED) is 0.482. The van der Waals surface area contributed by atoms with Crippen LogP contribution in [0.15, 0.2) is 69.6 Å². The number of ether oxygens (including phenoxy) is 1. The first kappa shape index (κ1) is 25.6. The topological polar surface area (TPSA) is 75.2 Å². The summed E-state index contributed by atoms with van der Waals surface area (Å²) in [6, 6.07) is 9.04. The zero-order valence-electron chi connectivity index (χ0n) is 23.2. The molecule has 37 heavy (non-hydrogen) atoms. The Morgan fingerprint density at radius 1 is 1.19 bits per heavy atom. The van der Waals surface area contributed by atoms with E-state index in [2.05, 4.69) is 75.0 Å². The van der Waals surface area contributed by atoms with Crippen molar-refractivity contribution in [1.29, 1.82) is 0 Å². The molecule has 1 aromatic rings. The number of rotatable bonds is 6. The Morgan fingerprint density at radius 2 is 1.95 bits per heavy atom. The fraction of sp³-hybridized carbons (Fsp3) is 0.548. The molecule has 5 rings (SSSR count). The number of hydrogen-bond donors (Lipinski definition) is 2. The summed E-state index contributed by atoms with van der Waals surface area (Å²) < 4.78 is 6.86. The summed E-state index contributed by atoms with van der Waals surface area (Å²) >= 11 is 0. The van der Waals surface area contributed by atoms with Crippen molar-refractivity contribution in [3.05, 3.63) is 70.8 Å². The number of nitrogens with one attached hydrogen (secondary N) is 1. The highest BCUT2D eigenvalue weighted by Crippen LogP contribution is 2.47. The van der Waals surface area contributed by atoms with Gasteiger partial charge in [-0.25, -0.2) is 15.0 Å². The Kier molecular flexibility index (Phi) is 6.71.